The first-order valence-electron chi connectivity index (χ1n) is 13.3. The molecule has 2 atom stereocenters. The van der Waals surface area contributed by atoms with E-state index in [1.807, 2.05) is 31.2 Å². The van der Waals surface area contributed by atoms with Crippen LogP contribution in [0.25, 0.3) is 10.9 Å². The average molecular weight is 505 g/mol. The smallest absolute Gasteiger partial charge is 0.219 e. The number of nitrogens with zero attached hydrogens (tertiary/aromatic N) is 2. The molecule has 0 unspecified atom stereocenters. The standard InChI is InChI=1S/C30H40N2O3Si/c1-8-10-21(11-9-2)28-20(4)34-30(32-28)23-16-24(18-25(17-23)36(5,6)7)35-27-13-12-22-14-19(3)15-26(33)29(22)31-27/h12-18,20-21,28,33H,8-11H2,1-7H3/t20-,28+/m0/s1. The van der Waals surface area contributed by atoms with Crippen molar-refractivity contribution in [3.05, 3.63) is 53.6 Å². The van der Waals surface area contributed by atoms with Crippen LogP contribution in [0.1, 0.15) is 57.6 Å². The molecule has 0 spiro atoms. The number of phenolic OH excluding ortho intramolecular Hbond substituents is 1. The number of rotatable bonds is 9. The van der Waals surface area contributed by atoms with Crippen LogP contribution in [0, 0.1) is 12.8 Å². The normalized spacial score (nSPS) is 17.9. The second-order valence-corrected chi connectivity index (χ2v) is 16.3. The fourth-order valence-electron chi connectivity index (χ4n) is 5.11. The summed E-state index contributed by atoms with van der Waals surface area (Å²) in [4.78, 5) is 9.71. The van der Waals surface area contributed by atoms with Gasteiger partial charge in [0.2, 0.25) is 11.8 Å². The van der Waals surface area contributed by atoms with Crippen LogP contribution in [-0.4, -0.2) is 36.2 Å². The van der Waals surface area contributed by atoms with Gasteiger partial charge in [-0.2, -0.15) is 0 Å². The monoisotopic (exact) mass is 504 g/mol. The van der Waals surface area contributed by atoms with E-state index in [4.69, 9.17) is 14.5 Å². The molecule has 1 aromatic heterocycles. The summed E-state index contributed by atoms with van der Waals surface area (Å²) in [6, 6.07) is 14.1. The summed E-state index contributed by atoms with van der Waals surface area (Å²) in [7, 11) is -1.66. The van der Waals surface area contributed by atoms with Gasteiger partial charge < -0.3 is 14.6 Å². The molecule has 3 aromatic rings. The molecule has 36 heavy (non-hydrogen) atoms. The molecule has 0 saturated heterocycles. The summed E-state index contributed by atoms with van der Waals surface area (Å²) in [6.07, 6.45) is 4.74. The van der Waals surface area contributed by atoms with Crippen molar-refractivity contribution in [3.63, 3.8) is 0 Å². The van der Waals surface area contributed by atoms with Gasteiger partial charge in [-0.05, 0) is 68.5 Å². The van der Waals surface area contributed by atoms with Crippen LogP contribution in [0.15, 0.2) is 47.5 Å². The summed E-state index contributed by atoms with van der Waals surface area (Å²) in [5, 5.41) is 12.6. The lowest BCUT2D eigenvalue weighted by Crippen LogP contribution is -2.38. The number of hydrogen-bond acceptors (Lipinski definition) is 5. The lowest BCUT2D eigenvalue weighted by Gasteiger charge is -2.23. The van der Waals surface area contributed by atoms with Gasteiger partial charge in [-0.15, -0.1) is 0 Å². The van der Waals surface area contributed by atoms with Gasteiger partial charge in [0, 0.05) is 17.0 Å². The molecule has 1 aliphatic rings. The number of benzene rings is 2. The minimum atomic E-state index is -1.66. The largest absolute Gasteiger partial charge is 0.506 e. The first-order chi connectivity index (χ1) is 17.1. The molecule has 2 heterocycles. The quantitative estimate of drug-likeness (QED) is 0.310. The lowest BCUT2D eigenvalue weighted by molar-refractivity contribution is 0.174. The molecule has 0 bridgehead atoms. The molecule has 0 amide bonds. The van der Waals surface area contributed by atoms with Gasteiger partial charge in [0.15, 0.2) is 0 Å². The Labute approximate surface area is 216 Å². The number of aromatic hydroxyl groups is 1. The van der Waals surface area contributed by atoms with Gasteiger partial charge in [0.1, 0.15) is 23.1 Å². The second-order valence-electron chi connectivity index (χ2n) is 11.2. The summed E-state index contributed by atoms with van der Waals surface area (Å²) < 4.78 is 12.6. The SMILES string of the molecule is CCCC(CCC)[C@@H]1N=C(c2cc(Oc3ccc4cc(C)cc(O)c4n3)cc([Si](C)(C)C)c2)O[C@H]1C. The van der Waals surface area contributed by atoms with Crippen molar-refractivity contribution in [2.45, 2.75) is 85.2 Å². The maximum Gasteiger partial charge on any atom is 0.219 e. The first kappa shape index (κ1) is 26.2. The molecule has 0 aliphatic carbocycles. The van der Waals surface area contributed by atoms with Gasteiger partial charge in [-0.3, -0.25) is 0 Å². The third-order valence-corrected chi connectivity index (χ3v) is 9.00. The molecule has 1 aliphatic heterocycles. The van der Waals surface area contributed by atoms with Crippen molar-refractivity contribution in [1.82, 2.24) is 4.98 Å². The van der Waals surface area contributed by atoms with Crippen LogP contribution in [0.4, 0.5) is 0 Å². The van der Waals surface area contributed by atoms with Gasteiger partial charge in [0.05, 0.1) is 14.1 Å². The van der Waals surface area contributed by atoms with Crippen LogP contribution < -0.4 is 9.92 Å². The van der Waals surface area contributed by atoms with Crippen molar-refractivity contribution in [1.29, 1.82) is 0 Å². The summed E-state index contributed by atoms with van der Waals surface area (Å²) in [5.74, 6) is 2.58. The van der Waals surface area contributed by atoms with Gasteiger partial charge in [-0.25, -0.2) is 9.98 Å². The minimum Gasteiger partial charge on any atom is -0.506 e. The van der Waals surface area contributed by atoms with Crippen molar-refractivity contribution < 1.29 is 14.6 Å². The van der Waals surface area contributed by atoms with Gasteiger partial charge in [-0.1, -0.05) is 57.6 Å². The molecule has 0 radical (unpaired) electrons. The third kappa shape index (κ3) is 5.75. The average Bonchev–Trinajstić information content (AvgIpc) is 3.20. The fraction of sp³-hybridized carbons (Fsp3) is 0.467. The number of ether oxygens (including phenoxy) is 2. The summed E-state index contributed by atoms with van der Waals surface area (Å²) in [6.45, 7) is 15.6. The van der Waals surface area contributed by atoms with Crippen molar-refractivity contribution >= 4 is 30.1 Å². The van der Waals surface area contributed by atoms with Crippen molar-refractivity contribution in [2.24, 2.45) is 10.9 Å². The highest BCUT2D eigenvalue weighted by molar-refractivity contribution is 6.88. The minimum absolute atomic E-state index is 0.0663. The lowest BCUT2D eigenvalue weighted by atomic mass is 9.88. The van der Waals surface area contributed by atoms with Crippen LogP contribution >= 0.6 is 0 Å². The van der Waals surface area contributed by atoms with E-state index in [1.54, 1.807) is 6.07 Å². The maximum absolute atomic E-state index is 10.4. The fourth-order valence-corrected chi connectivity index (χ4v) is 6.28. The highest BCUT2D eigenvalue weighted by Gasteiger charge is 2.34. The zero-order valence-electron chi connectivity index (χ0n) is 22.8. The molecule has 4 rings (SSSR count). The van der Waals surface area contributed by atoms with E-state index in [-0.39, 0.29) is 17.9 Å². The Hall–Kier alpha value is -2.86. The predicted octanol–water partition coefficient (Wildman–Crippen LogP) is 7.34. The van der Waals surface area contributed by atoms with Gasteiger partial charge >= 0.3 is 0 Å². The molecule has 0 fully saturated rings. The first-order valence-corrected chi connectivity index (χ1v) is 16.8. The highest BCUT2D eigenvalue weighted by Crippen LogP contribution is 2.32. The number of aromatic nitrogens is 1. The van der Waals surface area contributed by atoms with E-state index in [2.05, 4.69) is 57.5 Å². The Bertz CT molecular complexity index is 1260. The highest BCUT2D eigenvalue weighted by atomic mass is 28.3. The van der Waals surface area contributed by atoms with E-state index in [1.165, 1.54) is 18.0 Å². The number of aliphatic imine (C=N–C) groups is 1. The van der Waals surface area contributed by atoms with Crippen LogP contribution in [0.2, 0.25) is 19.6 Å². The molecular formula is C30H40N2O3Si. The Morgan fingerprint density at radius 3 is 2.42 bits per heavy atom. The van der Waals surface area contributed by atoms with Crippen molar-refractivity contribution in [2.75, 3.05) is 0 Å². The molecular weight excluding hydrogens is 464 g/mol. The zero-order valence-corrected chi connectivity index (χ0v) is 23.8. The molecule has 5 nitrogen and oxygen atoms in total. The predicted molar refractivity (Wildman–Crippen MR) is 152 cm³/mol. The van der Waals surface area contributed by atoms with E-state index in [0.29, 0.717) is 29.0 Å². The number of phenols is 1. The zero-order chi connectivity index (χ0) is 26.0. The van der Waals surface area contributed by atoms with E-state index >= 15 is 0 Å². The number of fused-ring (bicyclic) bond motifs is 1. The molecule has 2 aromatic carbocycles. The third-order valence-electron chi connectivity index (χ3n) is 6.98. The van der Waals surface area contributed by atoms with Crippen LogP contribution in [0.5, 0.6) is 17.4 Å². The van der Waals surface area contributed by atoms with Crippen molar-refractivity contribution in [3.8, 4) is 17.4 Å². The summed E-state index contributed by atoms with van der Waals surface area (Å²) in [5.41, 5.74) is 2.50. The van der Waals surface area contributed by atoms with E-state index in [0.717, 1.165) is 29.4 Å². The Morgan fingerprint density at radius 1 is 1.03 bits per heavy atom. The topological polar surface area (TPSA) is 63.9 Å². The molecule has 6 heteroatoms. The molecule has 0 saturated carbocycles. The van der Waals surface area contributed by atoms with Gasteiger partial charge in [0.25, 0.3) is 0 Å². The number of aryl methyl sites for hydroxylation is 1. The Morgan fingerprint density at radius 2 is 1.75 bits per heavy atom. The van der Waals surface area contributed by atoms with Crippen LogP contribution in [0.3, 0.4) is 0 Å². The van der Waals surface area contributed by atoms with E-state index in [9.17, 15) is 5.11 Å². The maximum atomic E-state index is 10.4. The summed E-state index contributed by atoms with van der Waals surface area (Å²) >= 11 is 0. The van der Waals surface area contributed by atoms with Crippen LogP contribution in [-0.2, 0) is 4.74 Å². The number of hydrogen-bond donors (Lipinski definition) is 1. The Balaban J connectivity index is 1.70. The number of pyridine rings is 1. The molecule has 1 N–H and O–H groups in total. The molecule has 192 valence electrons. The van der Waals surface area contributed by atoms with E-state index < -0.39 is 8.07 Å². The second kappa shape index (κ2) is 10.6. The Kier molecular flexibility index (Phi) is 7.74.